The van der Waals surface area contributed by atoms with Crippen LogP contribution in [-0.4, -0.2) is 12.3 Å². The van der Waals surface area contributed by atoms with Crippen LogP contribution in [0.5, 0.6) is 0 Å². The number of aliphatic imine (C=N–C) groups is 1. The number of rotatable bonds is 3. The van der Waals surface area contributed by atoms with Crippen molar-refractivity contribution in [1.29, 1.82) is 0 Å². The molecule has 2 nitrogen and oxygen atoms in total. The predicted molar refractivity (Wildman–Crippen MR) is 116 cm³/mol. The minimum Gasteiger partial charge on any atom is -0.344 e. The number of allylic oxidation sites excluding steroid dienone is 4. The van der Waals surface area contributed by atoms with Crippen LogP contribution in [0.4, 0.5) is 11.4 Å². The van der Waals surface area contributed by atoms with Crippen molar-refractivity contribution in [3.63, 3.8) is 0 Å². The number of hydrogen-bond donors (Lipinski definition) is 0. The smallest absolute Gasteiger partial charge is 0.0674 e. The Bertz CT molecular complexity index is 973. The van der Waals surface area contributed by atoms with Crippen LogP contribution < -0.4 is 4.90 Å². The summed E-state index contributed by atoms with van der Waals surface area (Å²) < 4.78 is 0. The summed E-state index contributed by atoms with van der Waals surface area (Å²) in [6, 6.07) is 17.2. The van der Waals surface area contributed by atoms with Gasteiger partial charge in [0.05, 0.1) is 11.4 Å². The van der Waals surface area contributed by atoms with E-state index in [9.17, 15) is 0 Å². The van der Waals surface area contributed by atoms with E-state index < -0.39 is 0 Å². The van der Waals surface area contributed by atoms with E-state index in [0.29, 0.717) is 0 Å². The quantitative estimate of drug-likeness (QED) is 0.629. The number of likely N-dealkylation sites (N-methyl/N-ethyl adjacent to an activating group) is 1. The summed E-state index contributed by atoms with van der Waals surface area (Å²) in [5.74, 6) is 0. The van der Waals surface area contributed by atoms with Gasteiger partial charge in [-0.05, 0) is 42.3 Å². The van der Waals surface area contributed by atoms with Crippen LogP contribution in [0.15, 0.2) is 77.4 Å². The van der Waals surface area contributed by atoms with Crippen LogP contribution in [0.3, 0.4) is 0 Å². The summed E-state index contributed by atoms with van der Waals surface area (Å²) in [6.07, 6.45) is 6.63. The first-order chi connectivity index (χ1) is 12.9. The average Bonchev–Trinajstić information content (AvgIpc) is 3.04. The maximum Gasteiger partial charge on any atom is 0.0674 e. The Kier molecular flexibility index (Phi) is 4.10. The molecule has 138 valence electrons. The molecule has 0 saturated carbocycles. The van der Waals surface area contributed by atoms with Crippen molar-refractivity contribution in [3.8, 4) is 0 Å². The van der Waals surface area contributed by atoms with Crippen molar-refractivity contribution in [2.45, 2.75) is 45.4 Å². The highest BCUT2D eigenvalue weighted by Crippen LogP contribution is 2.47. The zero-order valence-corrected chi connectivity index (χ0v) is 17.0. The lowest BCUT2D eigenvalue weighted by Crippen LogP contribution is -2.26. The molecule has 0 fully saturated rings. The molecular weight excluding hydrogens is 328 g/mol. The third kappa shape index (κ3) is 2.66. The molecule has 0 spiro atoms. The number of hydrogen-bond acceptors (Lipinski definition) is 2. The number of nitrogens with zero attached hydrogens (tertiary/aromatic N) is 2. The molecule has 0 atom stereocenters. The van der Waals surface area contributed by atoms with Gasteiger partial charge in [-0.2, -0.15) is 0 Å². The standard InChI is InChI=1S/C25H28N2/c1-6-27-21-15-10-8-13-19(21)25(4,5)23(27)17-11-16-22-24(2,3)18-12-7-9-14-20(18)26-22/h7-17H,6H2,1-5H3/b16-11+,23-17-. The van der Waals surface area contributed by atoms with Gasteiger partial charge in [0.1, 0.15) is 0 Å². The van der Waals surface area contributed by atoms with E-state index in [0.717, 1.165) is 17.9 Å². The number of anilines is 1. The fraction of sp³-hybridized carbons (Fsp3) is 0.320. The van der Waals surface area contributed by atoms with Crippen LogP contribution in [0.1, 0.15) is 45.7 Å². The molecule has 4 rings (SSSR count). The van der Waals surface area contributed by atoms with Gasteiger partial charge in [0.15, 0.2) is 0 Å². The van der Waals surface area contributed by atoms with Gasteiger partial charge in [0, 0.05) is 28.8 Å². The molecule has 2 aliphatic rings. The molecule has 27 heavy (non-hydrogen) atoms. The Morgan fingerprint density at radius 2 is 1.56 bits per heavy atom. The lowest BCUT2D eigenvalue weighted by Gasteiger charge is -2.26. The highest BCUT2D eigenvalue weighted by molar-refractivity contribution is 6.08. The fourth-order valence-corrected chi connectivity index (χ4v) is 4.46. The van der Waals surface area contributed by atoms with Gasteiger partial charge in [-0.3, -0.25) is 4.99 Å². The first kappa shape index (κ1) is 17.8. The molecule has 2 heterocycles. The summed E-state index contributed by atoms with van der Waals surface area (Å²) in [6.45, 7) is 12.3. The summed E-state index contributed by atoms with van der Waals surface area (Å²) in [7, 11) is 0. The maximum absolute atomic E-state index is 4.87. The molecule has 0 unspecified atom stereocenters. The number of fused-ring (bicyclic) bond motifs is 2. The van der Waals surface area contributed by atoms with Crippen molar-refractivity contribution in [2.75, 3.05) is 11.4 Å². The zero-order valence-electron chi connectivity index (χ0n) is 17.0. The molecule has 0 radical (unpaired) electrons. The first-order valence-corrected chi connectivity index (χ1v) is 9.82. The summed E-state index contributed by atoms with van der Waals surface area (Å²) in [5.41, 5.74) is 7.55. The molecule has 0 aromatic heterocycles. The normalized spacial score (nSPS) is 20.9. The Morgan fingerprint density at radius 1 is 0.889 bits per heavy atom. The third-order valence-corrected chi connectivity index (χ3v) is 6.08. The van der Waals surface area contributed by atoms with E-state index in [1.54, 1.807) is 0 Å². The predicted octanol–water partition coefficient (Wildman–Crippen LogP) is 6.31. The summed E-state index contributed by atoms with van der Waals surface area (Å²) in [5, 5.41) is 0. The van der Waals surface area contributed by atoms with Crippen LogP contribution in [0, 0.1) is 0 Å². The van der Waals surface area contributed by atoms with Crippen LogP contribution in [0.25, 0.3) is 0 Å². The second-order valence-electron chi connectivity index (χ2n) is 8.44. The highest BCUT2D eigenvalue weighted by Gasteiger charge is 2.39. The molecule has 2 aromatic rings. The molecular formula is C25H28N2. The highest BCUT2D eigenvalue weighted by atomic mass is 15.2. The molecule has 0 N–H and O–H groups in total. The Hall–Kier alpha value is -2.61. The van der Waals surface area contributed by atoms with Gasteiger partial charge in [0.25, 0.3) is 0 Å². The van der Waals surface area contributed by atoms with Gasteiger partial charge in [0.2, 0.25) is 0 Å². The van der Waals surface area contributed by atoms with E-state index in [-0.39, 0.29) is 10.8 Å². The van der Waals surface area contributed by atoms with Crippen molar-refractivity contribution < 1.29 is 0 Å². The fourth-order valence-electron chi connectivity index (χ4n) is 4.46. The molecule has 2 aromatic carbocycles. The molecule has 2 aliphatic heterocycles. The maximum atomic E-state index is 4.87. The van der Waals surface area contributed by atoms with E-state index in [2.05, 4.69) is 106 Å². The second-order valence-corrected chi connectivity index (χ2v) is 8.44. The van der Waals surface area contributed by atoms with Crippen LogP contribution in [-0.2, 0) is 10.8 Å². The minimum atomic E-state index is -0.0514. The Labute approximate surface area is 162 Å². The minimum absolute atomic E-state index is 0.00686. The molecule has 0 aliphatic carbocycles. The third-order valence-electron chi connectivity index (χ3n) is 6.08. The van der Waals surface area contributed by atoms with Crippen molar-refractivity contribution in [3.05, 3.63) is 83.6 Å². The largest absolute Gasteiger partial charge is 0.344 e. The molecule has 0 amide bonds. The summed E-state index contributed by atoms with van der Waals surface area (Å²) >= 11 is 0. The van der Waals surface area contributed by atoms with E-state index in [1.165, 1.54) is 22.5 Å². The second kappa shape index (κ2) is 6.23. The molecule has 0 bridgehead atoms. The van der Waals surface area contributed by atoms with Crippen molar-refractivity contribution >= 4 is 17.1 Å². The molecule has 2 heteroatoms. The van der Waals surface area contributed by atoms with Gasteiger partial charge in [-0.1, -0.05) is 70.2 Å². The first-order valence-electron chi connectivity index (χ1n) is 9.82. The van der Waals surface area contributed by atoms with Crippen molar-refractivity contribution in [1.82, 2.24) is 0 Å². The van der Waals surface area contributed by atoms with E-state index in [1.807, 2.05) is 0 Å². The van der Waals surface area contributed by atoms with Gasteiger partial charge in [-0.15, -0.1) is 0 Å². The lowest BCUT2D eigenvalue weighted by atomic mass is 9.81. The SMILES string of the molecule is CCN1/C(=C\C=C\C2=Nc3ccccc3C2(C)C)C(C)(C)c2ccccc21. The topological polar surface area (TPSA) is 15.6 Å². The Balaban J connectivity index is 1.68. The van der Waals surface area contributed by atoms with Gasteiger partial charge >= 0.3 is 0 Å². The van der Waals surface area contributed by atoms with E-state index >= 15 is 0 Å². The summed E-state index contributed by atoms with van der Waals surface area (Å²) in [4.78, 5) is 7.30. The zero-order chi connectivity index (χ0) is 19.2. The Morgan fingerprint density at radius 3 is 2.26 bits per heavy atom. The lowest BCUT2D eigenvalue weighted by molar-refractivity contribution is 0.634. The van der Waals surface area contributed by atoms with Crippen LogP contribution in [0.2, 0.25) is 0 Å². The van der Waals surface area contributed by atoms with Crippen LogP contribution >= 0.6 is 0 Å². The average molecular weight is 357 g/mol. The van der Waals surface area contributed by atoms with E-state index in [4.69, 9.17) is 4.99 Å². The number of benzene rings is 2. The van der Waals surface area contributed by atoms with Gasteiger partial charge < -0.3 is 4.90 Å². The molecule has 0 saturated heterocycles. The monoisotopic (exact) mass is 356 g/mol. The van der Waals surface area contributed by atoms with Gasteiger partial charge in [-0.25, -0.2) is 0 Å². The number of para-hydroxylation sites is 2. The van der Waals surface area contributed by atoms with Crippen molar-refractivity contribution in [2.24, 2.45) is 4.99 Å².